The molecule has 31 heavy (non-hydrogen) atoms. The lowest BCUT2D eigenvalue weighted by Gasteiger charge is -2.32. The summed E-state index contributed by atoms with van der Waals surface area (Å²) in [6.45, 7) is 11.6. The molecule has 0 saturated carbocycles. The predicted molar refractivity (Wildman–Crippen MR) is 131 cm³/mol. The van der Waals surface area contributed by atoms with E-state index in [-0.39, 0.29) is 10.8 Å². The van der Waals surface area contributed by atoms with Gasteiger partial charge in [0.25, 0.3) is 0 Å². The van der Waals surface area contributed by atoms with Crippen LogP contribution in [-0.4, -0.2) is 0 Å². The van der Waals surface area contributed by atoms with Gasteiger partial charge in [-0.15, -0.1) is 0 Å². The predicted octanol–water partition coefficient (Wildman–Crippen LogP) is 7.94. The van der Waals surface area contributed by atoms with Crippen molar-refractivity contribution in [1.82, 2.24) is 0 Å². The van der Waals surface area contributed by atoms with Crippen LogP contribution in [0.3, 0.4) is 0 Å². The number of hydrogen-bond donors (Lipinski definition) is 0. The third-order valence-electron chi connectivity index (χ3n) is 7.83. The van der Waals surface area contributed by atoms with Crippen molar-refractivity contribution in [2.24, 2.45) is 0 Å². The molecule has 0 radical (unpaired) electrons. The molecule has 0 fully saturated rings. The molecule has 0 nitrogen and oxygen atoms in total. The van der Waals surface area contributed by atoms with Crippen molar-refractivity contribution < 1.29 is 0 Å². The first-order valence-electron chi connectivity index (χ1n) is 11.3. The number of aryl methyl sites for hydroxylation is 2. The first-order valence-corrected chi connectivity index (χ1v) is 11.3. The molecule has 6 rings (SSSR count). The summed E-state index contributed by atoms with van der Waals surface area (Å²) in [7, 11) is 0. The Bertz CT molecular complexity index is 1390. The van der Waals surface area contributed by atoms with Crippen molar-refractivity contribution in [2.45, 2.75) is 45.4 Å². The van der Waals surface area contributed by atoms with Gasteiger partial charge in [-0.25, -0.2) is 0 Å². The Morgan fingerprint density at radius 2 is 1.10 bits per heavy atom. The van der Waals surface area contributed by atoms with E-state index in [0.717, 1.165) is 0 Å². The molecule has 0 amide bonds. The van der Waals surface area contributed by atoms with Gasteiger partial charge in [0.2, 0.25) is 0 Å². The standard InChI is InChI=1S/C31H28/c1-19-14-15-26-23(16-19)21-10-6-9-13-25(21)31(26,5)28-18-20(2)17-27-29(28)22-11-7-8-12-24(22)30(27,3)4/h6-18H,1-5H3. The quantitative estimate of drug-likeness (QED) is 0.304. The molecule has 1 unspecified atom stereocenters. The molecule has 2 aliphatic carbocycles. The maximum Gasteiger partial charge on any atom is 0.0441 e. The number of benzene rings is 4. The first-order chi connectivity index (χ1) is 14.8. The summed E-state index contributed by atoms with van der Waals surface area (Å²) in [4.78, 5) is 0. The highest BCUT2D eigenvalue weighted by atomic mass is 14.5. The minimum absolute atomic E-state index is 0.0112. The second kappa shape index (κ2) is 5.98. The lowest BCUT2D eigenvalue weighted by molar-refractivity contribution is 0.655. The molecule has 0 aromatic heterocycles. The Labute approximate surface area is 185 Å². The smallest absolute Gasteiger partial charge is 0.0441 e. The average molecular weight is 401 g/mol. The largest absolute Gasteiger partial charge is 0.0619 e. The second-order valence-corrected chi connectivity index (χ2v) is 10.1. The van der Waals surface area contributed by atoms with E-state index in [1.54, 1.807) is 0 Å². The van der Waals surface area contributed by atoms with Gasteiger partial charge >= 0.3 is 0 Å². The van der Waals surface area contributed by atoms with Crippen LogP contribution in [0.15, 0.2) is 78.9 Å². The van der Waals surface area contributed by atoms with Gasteiger partial charge in [0.15, 0.2) is 0 Å². The van der Waals surface area contributed by atoms with Crippen LogP contribution in [0, 0.1) is 13.8 Å². The number of hydrogen-bond acceptors (Lipinski definition) is 0. The molecule has 0 heterocycles. The van der Waals surface area contributed by atoms with Crippen LogP contribution in [0.2, 0.25) is 0 Å². The van der Waals surface area contributed by atoms with Gasteiger partial charge in [0.05, 0.1) is 0 Å². The molecule has 0 N–H and O–H groups in total. The monoisotopic (exact) mass is 400 g/mol. The third-order valence-corrected chi connectivity index (χ3v) is 7.83. The number of rotatable bonds is 1. The maximum absolute atomic E-state index is 2.45. The van der Waals surface area contributed by atoms with Crippen LogP contribution in [0.1, 0.15) is 59.7 Å². The van der Waals surface area contributed by atoms with E-state index < -0.39 is 0 Å². The minimum Gasteiger partial charge on any atom is -0.0619 e. The van der Waals surface area contributed by atoms with Gasteiger partial charge in [0, 0.05) is 10.8 Å². The van der Waals surface area contributed by atoms with Gasteiger partial charge in [-0.3, -0.25) is 0 Å². The number of fused-ring (bicyclic) bond motifs is 6. The topological polar surface area (TPSA) is 0 Å². The van der Waals surface area contributed by atoms with Crippen LogP contribution in [0.25, 0.3) is 22.3 Å². The summed E-state index contributed by atoms with van der Waals surface area (Å²) in [5, 5.41) is 0. The SMILES string of the molecule is Cc1ccc2c(c1)-c1ccccc1C2(C)c1cc(C)cc2c1-c1ccccc1C2(C)C. The maximum atomic E-state index is 2.45. The van der Waals surface area contributed by atoms with Crippen molar-refractivity contribution >= 4 is 0 Å². The van der Waals surface area contributed by atoms with Crippen LogP contribution in [0.4, 0.5) is 0 Å². The fraction of sp³-hybridized carbons (Fsp3) is 0.226. The lowest BCUT2D eigenvalue weighted by Crippen LogP contribution is -2.24. The Morgan fingerprint density at radius 1 is 0.484 bits per heavy atom. The van der Waals surface area contributed by atoms with E-state index in [0.29, 0.717) is 0 Å². The van der Waals surface area contributed by atoms with Crippen molar-refractivity contribution in [3.63, 3.8) is 0 Å². The molecule has 0 heteroatoms. The van der Waals surface area contributed by atoms with Gasteiger partial charge in [0.1, 0.15) is 0 Å². The van der Waals surface area contributed by atoms with Gasteiger partial charge in [-0.1, -0.05) is 104 Å². The van der Waals surface area contributed by atoms with E-state index >= 15 is 0 Å². The summed E-state index contributed by atoms with van der Waals surface area (Å²) in [5.74, 6) is 0. The summed E-state index contributed by atoms with van der Waals surface area (Å²) in [5.41, 5.74) is 15.3. The highest BCUT2D eigenvalue weighted by Crippen LogP contribution is 2.58. The average Bonchev–Trinajstić information content (AvgIpc) is 3.15. The van der Waals surface area contributed by atoms with Crippen LogP contribution in [0.5, 0.6) is 0 Å². The second-order valence-electron chi connectivity index (χ2n) is 10.1. The Morgan fingerprint density at radius 3 is 1.87 bits per heavy atom. The molecule has 0 saturated heterocycles. The lowest BCUT2D eigenvalue weighted by atomic mass is 9.70. The first kappa shape index (κ1) is 18.6. The Hall–Kier alpha value is -3.12. The van der Waals surface area contributed by atoms with Gasteiger partial charge in [-0.2, -0.15) is 0 Å². The molecule has 0 aliphatic heterocycles. The zero-order valence-electron chi connectivity index (χ0n) is 19.0. The zero-order valence-corrected chi connectivity index (χ0v) is 19.0. The zero-order chi connectivity index (χ0) is 21.5. The van der Waals surface area contributed by atoms with Gasteiger partial charge in [-0.05, 0) is 70.8 Å². The van der Waals surface area contributed by atoms with E-state index in [1.807, 2.05) is 0 Å². The van der Waals surface area contributed by atoms with Crippen molar-refractivity contribution in [3.8, 4) is 22.3 Å². The Balaban J connectivity index is 1.76. The summed E-state index contributed by atoms with van der Waals surface area (Å²) >= 11 is 0. The van der Waals surface area contributed by atoms with Gasteiger partial charge < -0.3 is 0 Å². The molecule has 1 atom stereocenters. The highest BCUT2D eigenvalue weighted by molar-refractivity contribution is 5.90. The van der Waals surface area contributed by atoms with Crippen molar-refractivity contribution in [3.05, 3.63) is 118 Å². The molecule has 2 aliphatic rings. The fourth-order valence-electron chi connectivity index (χ4n) is 6.26. The molecular weight excluding hydrogens is 372 g/mol. The van der Waals surface area contributed by atoms with Crippen LogP contribution in [-0.2, 0) is 10.8 Å². The molecule has 0 bridgehead atoms. The van der Waals surface area contributed by atoms with Crippen molar-refractivity contribution in [2.75, 3.05) is 0 Å². The van der Waals surface area contributed by atoms with E-state index in [9.17, 15) is 0 Å². The molecule has 0 spiro atoms. The normalized spacial score (nSPS) is 19.5. The molecule has 152 valence electrons. The van der Waals surface area contributed by atoms with Crippen molar-refractivity contribution in [1.29, 1.82) is 0 Å². The van der Waals surface area contributed by atoms with E-state index in [1.165, 1.54) is 61.2 Å². The molecule has 4 aromatic rings. The minimum atomic E-state index is -0.177. The summed E-state index contributed by atoms with van der Waals surface area (Å²) in [6.07, 6.45) is 0. The summed E-state index contributed by atoms with van der Waals surface area (Å²) < 4.78 is 0. The highest BCUT2D eigenvalue weighted by Gasteiger charge is 2.45. The Kier molecular flexibility index (Phi) is 3.59. The van der Waals surface area contributed by atoms with Crippen LogP contribution < -0.4 is 0 Å². The van der Waals surface area contributed by atoms with E-state index in [4.69, 9.17) is 0 Å². The van der Waals surface area contributed by atoms with E-state index in [2.05, 4.69) is 113 Å². The summed E-state index contributed by atoms with van der Waals surface area (Å²) in [6, 6.07) is 29.9. The molecule has 4 aromatic carbocycles. The van der Waals surface area contributed by atoms with Crippen LogP contribution >= 0.6 is 0 Å². The third kappa shape index (κ3) is 2.26. The molecular formula is C31H28. The fourth-order valence-corrected chi connectivity index (χ4v) is 6.26.